The Morgan fingerprint density at radius 1 is 0.933 bits per heavy atom. The third-order valence-electron chi connectivity index (χ3n) is 4.65. The van der Waals surface area contributed by atoms with Crippen molar-refractivity contribution in [3.63, 3.8) is 0 Å². The number of pyridine rings is 1. The molecule has 0 spiro atoms. The first-order valence-electron chi connectivity index (χ1n) is 9.44. The Bertz CT molecular complexity index is 811. The molecular formula is C21H27N3O6. The maximum absolute atomic E-state index is 9.10. The summed E-state index contributed by atoms with van der Waals surface area (Å²) in [4.78, 5) is 27.5. The van der Waals surface area contributed by atoms with E-state index in [2.05, 4.69) is 33.0 Å². The summed E-state index contributed by atoms with van der Waals surface area (Å²) in [5.74, 6) is -1.92. The lowest BCUT2D eigenvalue weighted by Gasteiger charge is -2.34. The van der Waals surface area contributed by atoms with Crippen molar-refractivity contribution in [3.05, 3.63) is 53.9 Å². The van der Waals surface area contributed by atoms with E-state index in [4.69, 9.17) is 29.3 Å². The van der Waals surface area contributed by atoms with E-state index < -0.39 is 11.9 Å². The first kappa shape index (κ1) is 23.1. The lowest BCUT2D eigenvalue weighted by molar-refractivity contribution is -0.159. The molecule has 1 aromatic heterocycles. The van der Waals surface area contributed by atoms with Crippen LogP contribution in [0.1, 0.15) is 11.3 Å². The van der Waals surface area contributed by atoms with Gasteiger partial charge in [-0.3, -0.25) is 14.8 Å². The van der Waals surface area contributed by atoms with E-state index in [1.807, 2.05) is 24.4 Å². The number of carbonyl (C=O) groups is 2. The number of aliphatic carboxylic acids is 2. The summed E-state index contributed by atoms with van der Waals surface area (Å²) in [5.41, 5.74) is 2.35. The van der Waals surface area contributed by atoms with E-state index in [1.165, 1.54) is 5.56 Å². The Labute approximate surface area is 175 Å². The fraction of sp³-hybridized carbons (Fsp3) is 0.381. The van der Waals surface area contributed by atoms with Crippen molar-refractivity contribution in [1.29, 1.82) is 0 Å². The second-order valence-corrected chi connectivity index (χ2v) is 6.66. The molecule has 2 aromatic rings. The van der Waals surface area contributed by atoms with Gasteiger partial charge in [-0.25, -0.2) is 9.59 Å². The third kappa shape index (κ3) is 7.34. The van der Waals surface area contributed by atoms with E-state index in [-0.39, 0.29) is 0 Å². The average Bonchev–Trinajstić information content (AvgIpc) is 2.76. The number of carboxylic acids is 2. The summed E-state index contributed by atoms with van der Waals surface area (Å²) in [7, 11) is 3.39. The molecule has 9 nitrogen and oxygen atoms in total. The van der Waals surface area contributed by atoms with Gasteiger partial charge in [-0.05, 0) is 18.2 Å². The van der Waals surface area contributed by atoms with Crippen LogP contribution in [0, 0.1) is 0 Å². The maximum Gasteiger partial charge on any atom is 0.414 e. The minimum atomic E-state index is -1.82. The lowest BCUT2D eigenvalue weighted by atomic mass is 10.1. The molecule has 3 rings (SSSR count). The number of nitrogens with zero attached hydrogens (tertiary/aromatic N) is 3. The molecule has 9 heteroatoms. The molecule has 1 aliphatic heterocycles. The Morgan fingerprint density at radius 3 is 2.07 bits per heavy atom. The highest BCUT2D eigenvalue weighted by Crippen LogP contribution is 2.26. The van der Waals surface area contributed by atoms with Gasteiger partial charge in [-0.1, -0.05) is 12.1 Å². The van der Waals surface area contributed by atoms with Crippen LogP contribution in [-0.2, 0) is 22.7 Å². The quantitative estimate of drug-likeness (QED) is 0.676. The minimum Gasteiger partial charge on any atom is -0.497 e. The van der Waals surface area contributed by atoms with Crippen LogP contribution in [0.4, 0.5) is 0 Å². The predicted octanol–water partition coefficient (Wildman–Crippen LogP) is 1.57. The van der Waals surface area contributed by atoms with Gasteiger partial charge in [0.1, 0.15) is 11.5 Å². The summed E-state index contributed by atoms with van der Waals surface area (Å²) in [6, 6.07) is 12.1. The van der Waals surface area contributed by atoms with E-state index in [0.717, 1.165) is 56.5 Å². The van der Waals surface area contributed by atoms with Crippen LogP contribution >= 0.6 is 0 Å². The first-order valence-corrected chi connectivity index (χ1v) is 9.44. The fourth-order valence-corrected chi connectivity index (χ4v) is 3.05. The summed E-state index contributed by atoms with van der Waals surface area (Å²) in [6.07, 6.45) is 1.86. The van der Waals surface area contributed by atoms with E-state index in [0.29, 0.717) is 0 Å². The number of piperazine rings is 1. The molecule has 162 valence electrons. The molecule has 0 radical (unpaired) electrons. The zero-order chi connectivity index (χ0) is 21.9. The minimum absolute atomic E-state index is 0.829. The molecule has 2 heterocycles. The van der Waals surface area contributed by atoms with Gasteiger partial charge < -0.3 is 19.7 Å². The maximum atomic E-state index is 9.10. The highest BCUT2D eigenvalue weighted by molar-refractivity contribution is 6.27. The molecule has 2 N–H and O–H groups in total. The van der Waals surface area contributed by atoms with E-state index in [9.17, 15) is 0 Å². The van der Waals surface area contributed by atoms with Gasteiger partial charge in [0.25, 0.3) is 0 Å². The van der Waals surface area contributed by atoms with Crippen molar-refractivity contribution in [2.45, 2.75) is 13.1 Å². The van der Waals surface area contributed by atoms with Crippen molar-refractivity contribution in [1.82, 2.24) is 14.8 Å². The van der Waals surface area contributed by atoms with Gasteiger partial charge in [-0.2, -0.15) is 0 Å². The Morgan fingerprint density at radius 2 is 1.57 bits per heavy atom. The van der Waals surface area contributed by atoms with Crippen molar-refractivity contribution < 1.29 is 29.3 Å². The highest BCUT2D eigenvalue weighted by Gasteiger charge is 2.18. The SMILES string of the molecule is COc1ccc(CN2CCN(Cc3ccccn3)CC2)c(OC)c1.O=C(O)C(=O)O. The van der Waals surface area contributed by atoms with Crippen LogP contribution < -0.4 is 9.47 Å². The number of rotatable bonds is 6. The second kappa shape index (κ2) is 11.7. The van der Waals surface area contributed by atoms with Crippen LogP contribution in [0.5, 0.6) is 11.5 Å². The number of carboxylic acid groups (broad SMARTS) is 2. The van der Waals surface area contributed by atoms with Crippen molar-refractivity contribution in [3.8, 4) is 11.5 Å². The number of benzene rings is 1. The molecule has 1 aromatic carbocycles. The smallest absolute Gasteiger partial charge is 0.414 e. The molecule has 1 aliphatic rings. The van der Waals surface area contributed by atoms with Gasteiger partial charge in [-0.15, -0.1) is 0 Å². The zero-order valence-electron chi connectivity index (χ0n) is 17.2. The van der Waals surface area contributed by atoms with Crippen molar-refractivity contribution >= 4 is 11.9 Å². The third-order valence-corrected chi connectivity index (χ3v) is 4.65. The van der Waals surface area contributed by atoms with Crippen LogP contribution in [0.15, 0.2) is 42.6 Å². The molecule has 0 atom stereocenters. The van der Waals surface area contributed by atoms with Crippen molar-refractivity contribution in [2.24, 2.45) is 0 Å². The molecule has 1 fully saturated rings. The number of aromatic nitrogens is 1. The van der Waals surface area contributed by atoms with Gasteiger partial charge >= 0.3 is 11.9 Å². The van der Waals surface area contributed by atoms with E-state index in [1.54, 1.807) is 14.2 Å². The summed E-state index contributed by atoms with van der Waals surface area (Å²) in [5, 5.41) is 14.8. The summed E-state index contributed by atoms with van der Waals surface area (Å²) in [6.45, 7) is 6.08. The van der Waals surface area contributed by atoms with Gasteiger partial charge in [0.2, 0.25) is 0 Å². The standard InChI is InChI=1S/C19H25N3O2.C2H2O4/c1-23-18-7-6-16(19(13-18)24-2)14-21-9-11-22(12-10-21)15-17-5-3-4-8-20-17;3-1(4)2(5)6/h3-8,13H,9-12,14-15H2,1-2H3;(H,3,4)(H,5,6). The topological polar surface area (TPSA) is 112 Å². The van der Waals surface area contributed by atoms with E-state index >= 15 is 0 Å². The molecule has 0 saturated carbocycles. The van der Waals surface area contributed by atoms with Gasteiger partial charge in [0, 0.05) is 57.1 Å². The van der Waals surface area contributed by atoms with Crippen molar-refractivity contribution in [2.75, 3.05) is 40.4 Å². The fourth-order valence-electron chi connectivity index (χ4n) is 3.05. The Kier molecular flexibility index (Phi) is 9.04. The first-order chi connectivity index (χ1) is 14.4. The zero-order valence-corrected chi connectivity index (χ0v) is 17.2. The number of hydrogen-bond acceptors (Lipinski definition) is 7. The molecular weight excluding hydrogens is 390 g/mol. The summed E-state index contributed by atoms with van der Waals surface area (Å²) < 4.78 is 10.8. The summed E-state index contributed by atoms with van der Waals surface area (Å²) >= 11 is 0. The normalized spacial score (nSPS) is 14.3. The second-order valence-electron chi connectivity index (χ2n) is 6.66. The van der Waals surface area contributed by atoms with Crippen LogP contribution in [0.25, 0.3) is 0 Å². The van der Waals surface area contributed by atoms with Gasteiger partial charge in [0.15, 0.2) is 0 Å². The number of methoxy groups -OCH3 is 2. The molecule has 0 unspecified atom stereocenters. The Hall–Kier alpha value is -3.17. The molecule has 1 saturated heterocycles. The predicted molar refractivity (Wildman–Crippen MR) is 110 cm³/mol. The molecule has 0 bridgehead atoms. The van der Waals surface area contributed by atoms with Crippen LogP contribution in [0.2, 0.25) is 0 Å². The van der Waals surface area contributed by atoms with Gasteiger partial charge in [0.05, 0.1) is 19.9 Å². The molecule has 0 amide bonds. The number of ether oxygens (including phenoxy) is 2. The molecule has 30 heavy (non-hydrogen) atoms. The average molecular weight is 417 g/mol. The molecule has 0 aliphatic carbocycles. The van der Waals surface area contributed by atoms with Crippen LogP contribution in [0.3, 0.4) is 0 Å². The monoisotopic (exact) mass is 417 g/mol. The highest BCUT2D eigenvalue weighted by atomic mass is 16.5. The largest absolute Gasteiger partial charge is 0.497 e. The van der Waals surface area contributed by atoms with Crippen LogP contribution in [-0.4, -0.2) is 77.3 Å². The lowest BCUT2D eigenvalue weighted by Crippen LogP contribution is -2.45. The Balaban J connectivity index is 0.000000469. The number of hydrogen-bond donors (Lipinski definition) is 2.